The molecule has 0 heterocycles. The van der Waals surface area contributed by atoms with E-state index in [1.165, 1.54) is 0 Å². The summed E-state index contributed by atoms with van der Waals surface area (Å²) >= 11 is 0. The predicted octanol–water partition coefficient (Wildman–Crippen LogP) is 0.0328. The monoisotopic (exact) mass is 315 g/mol. The Morgan fingerprint density at radius 1 is 1.09 bits per heavy atom. The molecule has 0 fully saturated rings. The molecule has 0 radical (unpaired) electrons. The molecule has 0 aromatic carbocycles. The number of carbonyl (C=O) groups excluding carboxylic acids is 1. The van der Waals surface area contributed by atoms with Gasteiger partial charge in [0.15, 0.2) is 5.96 Å². The van der Waals surface area contributed by atoms with Gasteiger partial charge in [-0.05, 0) is 27.7 Å². The molecule has 0 aromatic heterocycles. The number of ether oxygens (including phenoxy) is 1. The van der Waals surface area contributed by atoms with Gasteiger partial charge in [0, 0.05) is 45.9 Å². The fourth-order valence-corrected chi connectivity index (χ4v) is 2.16. The molecule has 0 saturated carbocycles. The third-order valence-corrected chi connectivity index (χ3v) is 3.26. The lowest BCUT2D eigenvalue weighted by atomic mass is 10.2. The molecule has 130 valence electrons. The van der Waals surface area contributed by atoms with Gasteiger partial charge in [-0.15, -0.1) is 0 Å². The molecular formula is C15H33N5O2. The second kappa shape index (κ2) is 12.2. The quantitative estimate of drug-likeness (QED) is 0.301. The smallest absolute Gasteiger partial charge is 0.239 e. The molecule has 0 atom stereocenters. The summed E-state index contributed by atoms with van der Waals surface area (Å²) in [6.45, 7) is 11.7. The Balaban J connectivity index is 4.00. The Hall–Kier alpha value is -1.34. The van der Waals surface area contributed by atoms with Crippen molar-refractivity contribution in [3.8, 4) is 0 Å². The van der Waals surface area contributed by atoms with Crippen molar-refractivity contribution in [1.82, 2.24) is 20.9 Å². The van der Waals surface area contributed by atoms with Gasteiger partial charge in [0.2, 0.25) is 5.91 Å². The summed E-state index contributed by atoms with van der Waals surface area (Å²) in [5.74, 6) is 0.556. The van der Waals surface area contributed by atoms with Crippen molar-refractivity contribution >= 4 is 11.9 Å². The minimum Gasteiger partial charge on any atom is -0.383 e. The molecule has 0 bridgehead atoms. The summed E-state index contributed by atoms with van der Waals surface area (Å²) in [5, 5.41) is 8.97. The van der Waals surface area contributed by atoms with Crippen molar-refractivity contribution in [1.29, 1.82) is 0 Å². The summed E-state index contributed by atoms with van der Waals surface area (Å²) < 4.78 is 4.88. The van der Waals surface area contributed by atoms with Crippen LogP contribution in [0.4, 0.5) is 0 Å². The highest BCUT2D eigenvalue weighted by Gasteiger charge is 2.12. The zero-order valence-electron chi connectivity index (χ0n) is 14.9. The van der Waals surface area contributed by atoms with E-state index in [-0.39, 0.29) is 12.5 Å². The van der Waals surface area contributed by atoms with Crippen LogP contribution in [0.2, 0.25) is 0 Å². The highest BCUT2D eigenvalue weighted by Crippen LogP contribution is 2.03. The lowest BCUT2D eigenvalue weighted by molar-refractivity contribution is -0.120. The van der Waals surface area contributed by atoms with Crippen LogP contribution in [-0.4, -0.2) is 75.8 Å². The molecule has 0 aliphatic carbocycles. The molecule has 0 rings (SSSR count). The van der Waals surface area contributed by atoms with E-state index in [1.807, 2.05) is 0 Å². The molecule has 0 saturated heterocycles. The van der Waals surface area contributed by atoms with Crippen LogP contribution in [-0.2, 0) is 9.53 Å². The van der Waals surface area contributed by atoms with Crippen LogP contribution in [0.15, 0.2) is 4.99 Å². The molecule has 22 heavy (non-hydrogen) atoms. The average molecular weight is 315 g/mol. The first kappa shape index (κ1) is 20.7. The van der Waals surface area contributed by atoms with Crippen LogP contribution in [0.5, 0.6) is 0 Å². The second-order valence-electron chi connectivity index (χ2n) is 5.62. The van der Waals surface area contributed by atoms with Crippen LogP contribution in [0.3, 0.4) is 0 Å². The first-order chi connectivity index (χ1) is 10.4. The van der Waals surface area contributed by atoms with Crippen molar-refractivity contribution in [3.63, 3.8) is 0 Å². The standard InChI is InChI=1S/C15H33N5O2/c1-12(2)20(13(3)4)9-7-18-15(16-5)19-11-14(21)17-8-10-22-6/h12-13H,7-11H2,1-6H3,(H,17,21)(H2,16,18,19). The summed E-state index contributed by atoms with van der Waals surface area (Å²) in [6.07, 6.45) is 0. The van der Waals surface area contributed by atoms with E-state index in [1.54, 1.807) is 14.2 Å². The van der Waals surface area contributed by atoms with Gasteiger partial charge in [0.1, 0.15) is 0 Å². The van der Waals surface area contributed by atoms with E-state index in [4.69, 9.17) is 4.74 Å². The van der Waals surface area contributed by atoms with Crippen molar-refractivity contribution in [2.45, 2.75) is 39.8 Å². The van der Waals surface area contributed by atoms with E-state index >= 15 is 0 Å². The Morgan fingerprint density at radius 3 is 2.23 bits per heavy atom. The number of hydrogen-bond donors (Lipinski definition) is 3. The highest BCUT2D eigenvalue weighted by atomic mass is 16.5. The zero-order valence-corrected chi connectivity index (χ0v) is 14.9. The van der Waals surface area contributed by atoms with Gasteiger partial charge in [-0.3, -0.25) is 14.7 Å². The molecule has 7 nitrogen and oxygen atoms in total. The van der Waals surface area contributed by atoms with Crippen LogP contribution in [0, 0.1) is 0 Å². The number of carbonyl (C=O) groups is 1. The maximum Gasteiger partial charge on any atom is 0.239 e. The van der Waals surface area contributed by atoms with E-state index in [2.05, 4.69) is 53.5 Å². The number of rotatable bonds is 10. The van der Waals surface area contributed by atoms with E-state index in [0.717, 1.165) is 13.1 Å². The number of guanidine groups is 1. The minimum absolute atomic E-state index is 0.0778. The van der Waals surface area contributed by atoms with Crippen LogP contribution in [0.1, 0.15) is 27.7 Å². The molecule has 0 aliphatic heterocycles. The summed E-state index contributed by atoms with van der Waals surface area (Å²) in [7, 11) is 3.30. The molecule has 0 aromatic rings. The molecular weight excluding hydrogens is 282 g/mol. The molecule has 1 amide bonds. The highest BCUT2D eigenvalue weighted by molar-refractivity contribution is 5.86. The van der Waals surface area contributed by atoms with E-state index < -0.39 is 0 Å². The summed E-state index contributed by atoms with van der Waals surface area (Å²) in [6, 6.07) is 1.01. The average Bonchev–Trinajstić information content (AvgIpc) is 2.46. The lowest BCUT2D eigenvalue weighted by Gasteiger charge is -2.30. The number of aliphatic imine (C=N–C) groups is 1. The third-order valence-electron chi connectivity index (χ3n) is 3.26. The maximum atomic E-state index is 11.6. The van der Waals surface area contributed by atoms with E-state index in [9.17, 15) is 4.79 Å². The Bertz CT molecular complexity index is 324. The number of nitrogens with one attached hydrogen (secondary N) is 3. The first-order valence-electron chi connectivity index (χ1n) is 7.88. The van der Waals surface area contributed by atoms with Crippen molar-refractivity contribution in [2.75, 3.05) is 46.9 Å². The van der Waals surface area contributed by atoms with Gasteiger partial charge in [0.25, 0.3) is 0 Å². The molecule has 0 aliphatic rings. The van der Waals surface area contributed by atoms with Gasteiger partial charge in [0.05, 0.1) is 13.2 Å². The first-order valence-corrected chi connectivity index (χ1v) is 7.88. The summed E-state index contributed by atoms with van der Waals surface area (Å²) in [4.78, 5) is 18.1. The van der Waals surface area contributed by atoms with Gasteiger partial charge in [-0.1, -0.05) is 0 Å². The maximum absolute atomic E-state index is 11.6. The number of amides is 1. The molecule has 0 unspecified atom stereocenters. The summed E-state index contributed by atoms with van der Waals surface area (Å²) in [5.41, 5.74) is 0. The van der Waals surface area contributed by atoms with Crippen molar-refractivity contribution < 1.29 is 9.53 Å². The minimum atomic E-state index is -0.0778. The number of hydrogen-bond acceptors (Lipinski definition) is 4. The molecule has 3 N–H and O–H groups in total. The largest absolute Gasteiger partial charge is 0.383 e. The zero-order chi connectivity index (χ0) is 17.0. The van der Waals surface area contributed by atoms with Gasteiger partial charge in [-0.2, -0.15) is 0 Å². The van der Waals surface area contributed by atoms with Crippen molar-refractivity contribution in [3.05, 3.63) is 0 Å². The normalized spacial score (nSPS) is 12.1. The Morgan fingerprint density at radius 2 is 1.73 bits per heavy atom. The topological polar surface area (TPSA) is 78.0 Å². The molecule has 0 spiro atoms. The fraction of sp³-hybridized carbons (Fsp3) is 0.867. The fourth-order valence-electron chi connectivity index (χ4n) is 2.16. The number of nitrogens with zero attached hydrogens (tertiary/aromatic N) is 2. The lowest BCUT2D eigenvalue weighted by Crippen LogP contribution is -2.47. The SMILES string of the molecule is CN=C(NCCN(C(C)C)C(C)C)NCC(=O)NCCOC. The Labute approximate surface area is 134 Å². The Kier molecular flexibility index (Phi) is 11.5. The second-order valence-corrected chi connectivity index (χ2v) is 5.62. The van der Waals surface area contributed by atoms with E-state index in [0.29, 0.717) is 31.2 Å². The number of methoxy groups -OCH3 is 1. The van der Waals surface area contributed by atoms with Gasteiger partial charge >= 0.3 is 0 Å². The van der Waals surface area contributed by atoms with Crippen LogP contribution >= 0.6 is 0 Å². The molecule has 7 heteroatoms. The third kappa shape index (κ3) is 9.57. The van der Waals surface area contributed by atoms with Gasteiger partial charge in [-0.25, -0.2) is 0 Å². The predicted molar refractivity (Wildman–Crippen MR) is 91.2 cm³/mol. The van der Waals surface area contributed by atoms with Crippen molar-refractivity contribution in [2.24, 2.45) is 4.99 Å². The van der Waals surface area contributed by atoms with Crippen LogP contribution < -0.4 is 16.0 Å². The van der Waals surface area contributed by atoms with Gasteiger partial charge < -0.3 is 20.7 Å². The van der Waals surface area contributed by atoms with Crippen LogP contribution in [0.25, 0.3) is 0 Å².